The molecule has 0 saturated carbocycles. The molecule has 0 aliphatic heterocycles. The van der Waals surface area contributed by atoms with Crippen LogP contribution in [0.3, 0.4) is 0 Å². The Morgan fingerprint density at radius 3 is 2.56 bits per heavy atom. The molecule has 2 aromatic rings. The van der Waals surface area contributed by atoms with E-state index in [1.54, 1.807) is 23.7 Å². The van der Waals surface area contributed by atoms with Gasteiger partial charge in [0.05, 0.1) is 24.1 Å². The molecule has 1 atom stereocenters. The lowest BCUT2D eigenvalue weighted by Crippen LogP contribution is -2.08. The highest BCUT2D eigenvalue weighted by Gasteiger charge is 2.08. The minimum Gasteiger partial charge on any atom is -0.396 e. The maximum atomic E-state index is 5.52. The quantitative estimate of drug-likeness (QED) is 0.856. The van der Waals surface area contributed by atoms with Crippen LogP contribution in [0.1, 0.15) is 22.7 Å². The SMILES string of the molecule is Cc1ccc(C(C)Nc2ncc(N)cn2)s1. The van der Waals surface area contributed by atoms with Gasteiger partial charge >= 0.3 is 0 Å². The Morgan fingerprint density at radius 1 is 1.31 bits per heavy atom. The van der Waals surface area contributed by atoms with E-state index >= 15 is 0 Å². The average Bonchev–Trinajstić information content (AvgIpc) is 2.68. The van der Waals surface area contributed by atoms with E-state index in [0.29, 0.717) is 11.6 Å². The summed E-state index contributed by atoms with van der Waals surface area (Å²) in [6, 6.07) is 4.44. The summed E-state index contributed by atoms with van der Waals surface area (Å²) in [5, 5.41) is 3.23. The molecule has 3 N–H and O–H groups in total. The lowest BCUT2D eigenvalue weighted by Gasteiger charge is -2.11. The lowest BCUT2D eigenvalue weighted by atomic mass is 10.3. The Kier molecular flexibility index (Phi) is 3.05. The summed E-state index contributed by atoms with van der Waals surface area (Å²) in [5.41, 5.74) is 6.10. The van der Waals surface area contributed by atoms with E-state index in [2.05, 4.69) is 41.3 Å². The van der Waals surface area contributed by atoms with Crippen LogP contribution in [0.25, 0.3) is 0 Å². The van der Waals surface area contributed by atoms with Crippen molar-refractivity contribution in [3.05, 3.63) is 34.3 Å². The smallest absolute Gasteiger partial charge is 0.223 e. The van der Waals surface area contributed by atoms with Gasteiger partial charge in [0.25, 0.3) is 0 Å². The summed E-state index contributed by atoms with van der Waals surface area (Å²) in [5.74, 6) is 0.604. The van der Waals surface area contributed by atoms with Crippen molar-refractivity contribution in [2.24, 2.45) is 0 Å². The standard InChI is InChI=1S/C11H14N4S/c1-7-3-4-10(16-7)8(2)15-11-13-5-9(12)6-14-11/h3-6,8H,12H2,1-2H3,(H,13,14,15). The summed E-state index contributed by atoms with van der Waals surface area (Å²) in [7, 11) is 0. The van der Waals surface area contributed by atoms with Crippen molar-refractivity contribution in [1.82, 2.24) is 9.97 Å². The van der Waals surface area contributed by atoms with E-state index < -0.39 is 0 Å². The average molecular weight is 234 g/mol. The fraction of sp³-hybridized carbons (Fsp3) is 0.273. The molecule has 0 aliphatic rings. The van der Waals surface area contributed by atoms with Gasteiger partial charge in [0, 0.05) is 9.75 Å². The first-order chi connectivity index (χ1) is 7.65. The number of hydrogen-bond donors (Lipinski definition) is 2. The van der Waals surface area contributed by atoms with Gasteiger partial charge in [-0.15, -0.1) is 11.3 Å². The molecule has 2 aromatic heterocycles. The molecule has 2 rings (SSSR count). The molecule has 16 heavy (non-hydrogen) atoms. The number of thiophene rings is 1. The molecule has 4 nitrogen and oxygen atoms in total. The van der Waals surface area contributed by atoms with Gasteiger partial charge in [0.15, 0.2) is 0 Å². The Balaban J connectivity index is 2.07. The zero-order valence-corrected chi connectivity index (χ0v) is 10.1. The summed E-state index contributed by atoms with van der Waals surface area (Å²) in [4.78, 5) is 10.8. The molecule has 0 radical (unpaired) electrons. The maximum absolute atomic E-state index is 5.52. The topological polar surface area (TPSA) is 63.8 Å². The van der Waals surface area contributed by atoms with E-state index in [-0.39, 0.29) is 6.04 Å². The first-order valence-corrected chi connectivity index (χ1v) is 5.87. The molecule has 0 aliphatic carbocycles. The molecule has 5 heteroatoms. The maximum Gasteiger partial charge on any atom is 0.223 e. The van der Waals surface area contributed by atoms with E-state index in [0.717, 1.165) is 0 Å². The molecule has 84 valence electrons. The van der Waals surface area contributed by atoms with Crippen molar-refractivity contribution < 1.29 is 0 Å². The lowest BCUT2D eigenvalue weighted by molar-refractivity contribution is 0.880. The molecule has 2 heterocycles. The summed E-state index contributed by atoms with van der Waals surface area (Å²) < 4.78 is 0. The second-order valence-electron chi connectivity index (χ2n) is 3.65. The zero-order chi connectivity index (χ0) is 11.5. The van der Waals surface area contributed by atoms with Crippen molar-refractivity contribution in [2.75, 3.05) is 11.1 Å². The molecule has 0 amide bonds. The van der Waals surface area contributed by atoms with Gasteiger partial charge in [-0.3, -0.25) is 0 Å². The first kappa shape index (κ1) is 10.9. The summed E-state index contributed by atoms with van der Waals surface area (Å²) >= 11 is 1.78. The number of anilines is 2. The van der Waals surface area contributed by atoms with Crippen LogP contribution in [0.4, 0.5) is 11.6 Å². The van der Waals surface area contributed by atoms with Crippen LogP contribution in [-0.4, -0.2) is 9.97 Å². The van der Waals surface area contributed by atoms with Gasteiger partial charge in [-0.25, -0.2) is 9.97 Å². The van der Waals surface area contributed by atoms with E-state index in [1.807, 2.05) is 0 Å². The van der Waals surface area contributed by atoms with Crippen molar-refractivity contribution in [3.63, 3.8) is 0 Å². The van der Waals surface area contributed by atoms with E-state index in [9.17, 15) is 0 Å². The third-order valence-electron chi connectivity index (χ3n) is 2.21. The van der Waals surface area contributed by atoms with E-state index in [1.165, 1.54) is 9.75 Å². The van der Waals surface area contributed by atoms with Crippen molar-refractivity contribution in [2.45, 2.75) is 19.9 Å². The highest BCUT2D eigenvalue weighted by Crippen LogP contribution is 2.24. The second-order valence-corrected chi connectivity index (χ2v) is 4.97. The van der Waals surface area contributed by atoms with Crippen LogP contribution in [-0.2, 0) is 0 Å². The molecule has 0 saturated heterocycles. The third-order valence-corrected chi connectivity index (χ3v) is 3.39. The minimum atomic E-state index is 0.210. The van der Waals surface area contributed by atoms with Crippen LogP contribution in [0.2, 0.25) is 0 Å². The van der Waals surface area contributed by atoms with Crippen LogP contribution in [0, 0.1) is 6.92 Å². The molecule has 0 aromatic carbocycles. The van der Waals surface area contributed by atoms with Crippen LogP contribution < -0.4 is 11.1 Å². The van der Waals surface area contributed by atoms with Gasteiger partial charge < -0.3 is 11.1 Å². The largest absolute Gasteiger partial charge is 0.396 e. The van der Waals surface area contributed by atoms with Crippen LogP contribution in [0.15, 0.2) is 24.5 Å². The minimum absolute atomic E-state index is 0.210. The Bertz CT molecular complexity index is 463. The Labute approximate surface area is 98.6 Å². The number of nitrogens with zero attached hydrogens (tertiary/aromatic N) is 2. The number of aromatic nitrogens is 2. The summed E-state index contributed by atoms with van der Waals surface area (Å²) in [6.45, 7) is 4.19. The van der Waals surface area contributed by atoms with Gasteiger partial charge in [-0.05, 0) is 26.0 Å². The molecule has 0 bridgehead atoms. The molecule has 0 fully saturated rings. The number of nitrogens with one attached hydrogen (secondary N) is 1. The van der Waals surface area contributed by atoms with Gasteiger partial charge in [0.2, 0.25) is 5.95 Å². The van der Waals surface area contributed by atoms with Crippen LogP contribution >= 0.6 is 11.3 Å². The Hall–Kier alpha value is -1.62. The Morgan fingerprint density at radius 2 is 2.00 bits per heavy atom. The fourth-order valence-electron chi connectivity index (χ4n) is 1.36. The number of nitrogen functional groups attached to an aromatic ring is 1. The van der Waals surface area contributed by atoms with Gasteiger partial charge in [0.1, 0.15) is 0 Å². The van der Waals surface area contributed by atoms with Gasteiger partial charge in [-0.1, -0.05) is 0 Å². The zero-order valence-electron chi connectivity index (χ0n) is 9.27. The first-order valence-electron chi connectivity index (χ1n) is 5.05. The van der Waals surface area contributed by atoms with Crippen molar-refractivity contribution in [3.8, 4) is 0 Å². The predicted molar refractivity (Wildman–Crippen MR) is 67.5 cm³/mol. The number of nitrogens with two attached hydrogens (primary N) is 1. The molecular formula is C11H14N4S. The van der Waals surface area contributed by atoms with Crippen LogP contribution in [0.5, 0.6) is 0 Å². The van der Waals surface area contributed by atoms with Crippen molar-refractivity contribution >= 4 is 23.0 Å². The molecular weight excluding hydrogens is 220 g/mol. The third kappa shape index (κ3) is 2.49. The highest BCUT2D eigenvalue weighted by atomic mass is 32.1. The normalized spacial score (nSPS) is 12.4. The van der Waals surface area contributed by atoms with Gasteiger partial charge in [-0.2, -0.15) is 0 Å². The molecule has 1 unspecified atom stereocenters. The second kappa shape index (κ2) is 4.49. The predicted octanol–water partition coefficient (Wildman–Crippen LogP) is 2.60. The monoisotopic (exact) mass is 234 g/mol. The number of hydrogen-bond acceptors (Lipinski definition) is 5. The number of aryl methyl sites for hydroxylation is 1. The highest BCUT2D eigenvalue weighted by molar-refractivity contribution is 7.12. The fourth-order valence-corrected chi connectivity index (χ4v) is 2.24. The summed E-state index contributed by atoms with van der Waals surface area (Å²) in [6.07, 6.45) is 3.20. The van der Waals surface area contributed by atoms with Crippen molar-refractivity contribution in [1.29, 1.82) is 0 Å². The number of rotatable bonds is 3. The molecule has 0 spiro atoms. The van der Waals surface area contributed by atoms with E-state index in [4.69, 9.17) is 5.73 Å².